The Morgan fingerprint density at radius 2 is 1.62 bits per heavy atom. The Balaban J connectivity index is 1.45. The molecule has 0 aromatic heterocycles. The minimum absolute atomic E-state index is 0.118. The van der Waals surface area contributed by atoms with Crippen molar-refractivity contribution in [2.45, 2.75) is 11.8 Å². The first kappa shape index (κ1) is 25.6. The van der Waals surface area contributed by atoms with Crippen molar-refractivity contribution < 1.29 is 14.5 Å². The highest BCUT2D eigenvalue weighted by atomic mass is 32.2. The number of hydrazone groups is 1. The van der Waals surface area contributed by atoms with Crippen LogP contribution in [-0.2, 0) is 10.5 Å². The number of carbonyl (C=O) groups is 2. The molecule has 0 aliphatic rings. The normalized spacial score (nSPS) is 11.8. The number of nitro groups is 1. The third-order valence-corrected chi connectivity index (χ3v) is 6.67. The molecule has 0 fully saturated rings. The van der Waals surface area contributed by atoms with E-state index in [1.54, 1.807) is 6.21 Å². The predicted octanol–water partition coefficient (Wildman–Crippen LogP) is 4.93. The molecule has 9 heteroatoms. The van der Waals surface area contributed by atoms with Gasteiger partial charge in [0, 0.05) is 34.8 Å². The molecule has 0 saturated carbocycles. The summed E-state index contributed by atoms with van der Waals surface area (Å²) in [5, 5.41) is 19.8. The van der Waals surface area contributed by atoms with Crippen molar-refractivity contribution in [2.75, 3.05) is 5.75 Å². The first-order chi connectivity index (χ1) is 18.0. The fraction of sp³-hybridized carbons (Fsp3) is 0.107. The summed E-state index contributed by atoms with van der Waals surface area (Å²) >= 11 is 1.50. The second-order valence-corrected chi connectivity index (χ2v) is 9.16. The molecule has 8 nitrogen and oxygen atoms in total. The van der Waals surface area contributed by atoms with E-state index in [2.05, 4.69) is 15.8 Å². The number of fused-ring (bicyclic) bond motifs is 1. The average molecular weight is 513 g/mol. The molecule has 0 spiro atoms. The number of hydrogen-bond acceptors (Lipinski definition) is 6. The molecular formula is C28H24N4O4S. The smallest absolute Gasteiger partial charge is 0.269 e. The van der Waals surface area contributed by atoms with Gasteiger partial charge in [-0.1, -0.05) is 72.8 Å². The van der Waals surface area contributed by atoms with Crippen molar-refractivity contribution in [3.63, 3.8) is 0 Å². The Morgan fingerprint density at radius 1 is 0.919 bits per heavy atom. The molecule has 0 heterocycles. The van der Waals surface area contributed by atoms with E-state index >= 15 is 0 Å². The number of hydrogen-bond donors (Lipinski definition) is 2. The number of carbonyl (C=O) groups excluding carboxylic acids is 2. The Bertz CT molecular complexity index is 1420. The minimum atomic E-state index is -0.874. The lowest BCUT2D eigenvalue weighted by Crippen LogP contribution is -2.47. The zero-order valence-electron chi connectivity index (χ0n) is 19.7. The van der Waals surface area contributed by atoms with Gasteiger partial charge in [0.15, 0.2) is 0 Å². The Hall–Kier alpha value is -4.50. The van der Waals surface area contributed by atoms with Crippen LogP contribution in [0.25, 0.3) is 10.8 Å². The fourth-order valence-electron chi connectivity index (χ4n) is 3.63. The van der Waals surface area contributed by atoms with E-state index in [4.69, 9.17) is 0 Å². The van der Waals surface area contributed by atoms with Gasteiger partial charge in [0.1, 0.15) is 6.04 Å². The van der Waals surface area contributed by atoms with Crippen LogP contribution in [0.15, 0.2) is 102 Å². The van der Waals surface area contributed by atoms with Crippen molar-refractivity contribution in [1.29, 1.82) is 0 Å². The first-order valence-corrected chi connectivity index (χ1v) is 12.6. The number of rotatable bonds is 10. The van der Waals surface area contributed by atoms with Crippen molar-refractivity contribution >= 4 is 46.3 Å². The highest BCUT2D eigenvalue weighted by Crippen LogP contribution is 2.17. The predicted molar refractivity (Wildman–Crippen MR) is 147 cm³/mol. The van der Waals surface area contributed by atoms with Crippen LogP contribution in [-0.4, -0.2) is 34.7 Å². The monoisotopic (exact) mass is 512 g/mol. The summed E-state index contributed by atoms with van der Waals surface area (Å²) in [6, 6.07) is 27.8. The average Bonchev–Trinajstić information content (AvgIpc) is 2.93. The van der Waals surface area contributed by atoms with Crippen LogP contribution < -0.4 is 10.7 Å². The summed E-state index contributed by atoms with van der Waals surface area (Å²) in [4.78, 5) is 36.2. The van der Waals surface area contributed by atoms with Crippen LogP contribution in [0.1, 0.15) is 21.5 Å². The Morgan fingerprint density at radius 3 is 2.38 bits per heavy atom. The molecule has 37 heavy (non-hydrogen) atoms. The second kappa shape index (κ2) is 12.5. The van der Waals surface area contributed by atoms with Crippen molar-refractivity contribution in [1.82, 2.24) is 10.7 Å². The Labute approximate surface area is 217 Å². The molecule has 4 aromatic rings. The lowest BCUT2D eigenvalue weighted by Gasteiger charge is -2.17. The van der Waals surface area contributed by atoms with E-state index in [9.17, 15) is 19.7 Å². The van der Waals surface area contributed by atoms with E-state index in [0.29, 0.717) is 11.5 Å². The van der Waals surface area contributed by atoms with Gasteiger partial charge in [0.05, 0.1) is 11.1 Å². The van der Waals surface area contributed by atoms with Crippen LogP contribution in [0.3, 0.4) is 0 Å². The third kappa shape index (κ3) is 7.02. The van der Waals surface area contributed by atoms with Crippen LogP contribution >= 0.6 is 11.8 Å². The summed E-state index contributed by atoms with van der Waals surface area (Å²) in [5.74, 6) is 0.00118. The fourth-order valence-corrected chi connectivity index (χ4v) is 4.65. The molecule has 4 rings (SSSR count). The number of benzene rings is 4. The number of thioether (sulfide) groups is 1. The molecule has 0 aliphatic heterocycles. The van der Waals surface area contributed by atoms with Gasteiger partial charge in [0.2, 0.25) is 0 Å². The first-order valence-electron chi connectivity index (χ1n) is 11.5. The third-order valence-electron chi connectivity index (χ3n) is 5.56. The molecule has 0 bridgehead atoms. The van der Waals surface area contributed by atoms with E-state index < -0.39 is 22.8 Å². The molecule has 0 saturated heterocycles. The lowest BCUT2D eigenvalue weighted by molar-refractivity contribution is -0.384. The van der Waals surface area contributed by atoms with E-state index in [-0.39, 0.29) is 11.3 Å². The van der Waals surface area contributed by atoms with Crippen LogP contribution in [0.2, 0.25) is 0 Å². The molecule has 186 valence electrons. The van der Waals surface area contributed by atoms with Gasteiger partial charge < -0.3 is 5.32 Å². The second-order valence-electron chi connectivity index (χ2n) is 8.13. The highest BCUT2D eigenvalue weighted by molar-refractivity contribution is 7.98. The molecule has 2 amide bonds. The maximum atomic E-state index is 13.0. The zero-order valence-corrected chi connectivity index (χ0v) is 20.6. The molecule has 2 N–H and O–H groups in total. The summed E-state index contributed by atoms with van der Waals surface area (Å²) in [6.45, 7) is 0. The summed E-state index contributed by atoms with van der Waals surface area (Å²) < 4.78 is 0. The molecule has 0 radical (unpaired) electrons. The van der Waals surface area contributed by atoms with Gasteiger partial charge in [-0.15, -0.1) is 0 Å². The molecule has 4 aromatic carbocycles. The van der Waals surface area contributed by atoms with Crippen LogP contribution in [0.5, 0.6) is 0 Å². The lowest BCUT2D eigenvalue weighted by atomic mass is 10.1. The standard InChI is InChI=1S/C28H24N4O4S/c33-27(22-13-15-24(16-14-22)32(35)36)30-26(19-37-18-20-7-2-1-3-8-20)28(34)31-29-17-23-11-6-10-21-9-4-5-12-25(21)23/h1-17,26H,18-19H2,(H,30,33)(H,31,34)/b29-17-/t26-/m0/s1. The number of nitrogens with one attached hydrogen (secondary N) is 2. The van der Waals surface area contributed by atoms with E-state index in [1.165, 1.54) is 36.0 Å². The molecule has 1 atom stereocenters. The van der Waals surface area contributed by atoms with E-state index in [0.717, 1.165) is 21.9 Å². The van der Waals surface area contributed by atoms with Gasteiger partial charge in [0.25, 0.3) is 17.5 Å². The van der Waals surface area contributed by atoms with Gasteiger partial charge in [-0.3, -0.25) is 19.7 Å². The highest BCUT2D eigenvalue weighted by Gasteiger charge is 2.22. The topological polar surface area (TPSA) is 114 Å². The summed E-state index contributed by atoms with van der Waals surface area (Å²) in [5.41, 5.74) is 4.59. The zero-order chi connectivity index (χ0) is 26.0. The van der Waals surface area contributed by atoms with Crippen LogP contribution in [0, 0.1) is 10.1 Å². The maximum absolute atomic E-state index is 13.0. The molecule has 0 aliphatic carbocycles. The summed E-state index contributed by atoms with van der Waals surface area (Å²) in [6.07, 6.45) is 1.58. The van der Waals surface area contributed by atoms with E-state index in [1.807, 2.05) is 72.8 Å². The van der Waals surface area contributed by atoms with Crippen molar-refractivity contribution in [3.8, 4) is 0 Å². The number of non-ortho nitro benzene ring substituents is 1. The van der Waals surface area contributed by atoms with Gasteiger partial charge in [-0.2, -0.15) is 16.9 Å². The minimum Gasteiger partial charge on any atom is -0.339 e. The number of nitrogens with zero attached hydrogens (tertiary/aromatic N) is 2. The van der Waals surface area contributed by atoms with Crippen molar-refractivity contribution in [2.24, 2.45) is 5.10 Å². The largest absolute Gasteiger partial charge is 0.339 e. The Kier molecular flexibility index (Phi) is 8.62. The van der Waals surface area contributed by atoms with Gasteiger partial charge in [-0.05, 0) is 28.5 Å². The molecular weight excluding hydrogens is 488 g/mol. The van der Waals surface area contributed by atoms with Crippen molar-refractivity contribution in [3.05, 3.63) is 124 Å². The number of nitro benzene ring substituents is 1. The van der Waals surface area contributed by atoms with Crippen LogP contribution in [0.4, 0.5) is 5.69 Å². The molecule has 0 unspecified atom stereocenters. The van der Waals surface area contributed by atoms with Gasteiger partial charge >= 0.3 is 0 Å². The summed E-state index contributed by atoms with van der Waals surface area (Å²) in [7, 11) is 0. The van der Waals surface area contributed by atoms with Gasteiger partial charge in [-0.25, -0.2) is 5.43 Å². The maximum Gasteiger partial charge on any atom is 0.269 e. The SMILES string of the molecule is O=C(N[C@@H](CSCc1ccccc1)C(=O)N/N=C\c1cccc2ccccc12)c1ccc([N+](=O)[O-])cc1. The number of amides is 2. The quantitative estimate of drug-likeness (QED) is 0.178.